The van der Waals surface area contributed by atoms with Crippen LogP contribution < -0.4 is 10.6 Å². The first-order valence-electron chi connectivity index (χ1n) is 8.83. The van der Waals surface area contributed by atoms with Gasteiger partial charge in [-0.05, 0) is 26.8 Å². The lowest BCUT2D eigenvalue weighted by atomic mass is 9.68. The zero-order chi connectivity index (χ0) is 20.6. The number of hydrogen-bond acceptors (Lipinski definition) is 6. The number of nitrogens with two attached hydrogens (primary N) is 1. The maximum absolute atomic E-state index is 13.7. The van der Waals surface area contributed by atoms with Crippen LogP contribution in [0.4, 0.5) is 5.69 Å². The van der Waals surface area contributed by atoms with Crippen LogP contribution in [-0.4, -0.2) is 24.5 Å². The van der Waals surface area contributed by atoms with Crippen molar-refractivity contribution in [1.82, 2.24) is 0 Å². The minimum absolute atomic E-state index is 0.0315. The first-order valence-corrected chi connectivity index (χ1v) is 8.83. The quantitative estimate of drug-likeness (QED) is 0.636. The van der Waals surface area contributed by atoms with Gasteiger partial charge in [-0.3, -0.25) is 4.79 Å². The largest absolute Gasteiger partial charge is 0.459 e. The summed E-state index contributed by atoms with van der Waals surface area (Å²) in [5, 5.41) is 9.88. The molecule has 2 aliphatic rings. The Balaban J connectivity index is 2.39. The molecule has 2 aliphatic heterocycles. The second-order valence-corrected chi connectivity index (χ2v) is 6.81. The molecule has 144 valence electrons. The van der Waals surface area contributed by atoms with Gasteiger partial charge in [0.2, 0.25) is 11.8 Å². The number of esters is 1. The molecule has 1 aromatic carbocycles. The third-order valence-electron chi connectivity index (χ3n) is 4.75. The van der Waals surface area contributed by atoms with Crippen molar-refractivity contribution in [2.24, 2.45) is 5.73 Å². The normalized spacial score (nSPS) is 21.0. The van der Waals surface area contributed by atoms with Gasteiger partial charge in [0.05, 0.1) is 6.10 Å². The van der Waals surface area contributed by atoms with E-state index in [1.54, 1.807) is 44.2 Å². The highest BCUT2D eigenvalue weighted by atomic mass is 16.5. The predicted molar refractivity (Wildman–Crippen MR) is 103 cm³/mol. The Morgan fingerprint density at radius 3 is 2.75 bits per heavy atom. The summed E-state index contributed by atoms with van der Waals surface area (Å²) < 4.78 is 10.9. The molecule has 1 amide bonds. The number of carbonyl (C=O) groups excluding carboxylic acids is 2. The molecule has 7 heteroatoms. The van der Waals surface area contributed by atoms with Gasteiger partial charge < -0.3 is 20.1 Å². The lowest BCUT2D eigenvalue weighted by molar-refractivity contribution is -0.144. The van der Waals surface area contributed by atoms with Crippen LogP contribution in [0.15, 0.2) is 59.7 Å². The van der Waals surface area contributed by atoms with Gasteiger partial charge in [-0.25, -0.2) is 4.79 Å². The van der Waals surface area contributed by atoms with E-state index in [-0.39, 0.29) is 29.3 Å². The summed E-state index contributed by atoms with van der Waals surface area (Å²) in [6, 6.07) is 8.98. The number of para-hydroxylation sites is 1. The van der Waals surface area contributed by atoms with E-state index in [1.807, 2.05) is 6.07 Å². The van der Waals surface area contributed by atoms with Crippen LogP contribution in [0.2, 0.25) is 0 Å². The van der Waals surface area contributed by atoms with E-state index in [0.29, 0.717) is 11.3 Å². The summed E-state index contributed by atoms with van der Waals surface area (Å²) in [6.07, 6.45) is 1.16. The summed E-state index contributed by atoms with van der Waals surface area (Å²) in [6.45, 7) is 8.85. The molecule has 0 fully saturated rings. The van der Waals surface area contributed by atoms with Gasteiger partial charge in [0.15, 0.2) is 5.41 Å². The number of hydrogen-bond donors (Lipinski definition) is 1. The Morgan fingerprint density at radius 1 is 1.46 bits per heavy atom. The van der Waals surface area contributed by atoms with Gasteiger partial charge in [-0.15, -0.1) is 6.58 Å². The molecule has 2 N–H and O–H groups in total. The number of anilines is 1. The zero-order valence-electron chi connectivity index (χ0n) is 16.0. The van der Waals surface area contributed by atoms with E-state index < -0.39 is 23.4 Å². The molecule has 2 heterocycles. The number of benzene rings is 1. The molecule has 1 unspecified atom stereocenters. The Hall–Kier alpha value is -3.53. The Morgan fingerprint density at radius 2 is 2.14 bits per heavy atom. The molecule has 1 spiro atoms. The lowest BCUT2D eigenvalue weighted by Gasteiger charge is -2.34. The minimum atomic E-state index is -1.72. The first-order chi connectivity index (χ1) is 13.3. The van der Waals surface area contributed by atoms with E-state index in [1.165, 1.54) is 11.8 Å². The van der Waals surface area contributed by atoms with Crippen molar-refractivity contribution >= 4 is 17.6 Å². The van der Waals surface area contributed by atoms with E-state index in [0.717, 1.165) is 0 Å². The molecule has 1 aromatic rings. The van der Waals surface area contributed by atoms with Crippen molar-refractivity contribution in [3.63, 3.8) is 0 Å². The number of ether oxygens (including phenoxy) is 2. The fraction of sp³-hybridized carbons (Fsp3) is 0.286. The Bertz CT molecular complexity index is 984. The summed E-state index contributed by atoms with van der Waals surface area (Å²) in [5.41, 5.74) is 5.19. The molecule has 0 aromatic heterocycles. The fourth-order valence-corrected chi connectivity index (χ4v) is 3.80. The van der Waals surface area contributed by atoms with E-state index >= 15 is 0 Å². The van der Waals surface area contributed by atoms with Crippen LogP contribution in [0, 0.1) is 11.3 Å². The van der Waals surface area contributed by atoms with E-state index in [9.17, 15) is 14.9 Å². The fourth-order valence-electron chi connectivity index (χ4n) is 3.80. The molecule has 0 radical (unpaired) electrons. The molecule has 1 atom stereocenters. The van der Waals surface area contributed by atoms with Gasteiger partial charge in [0, 0.05) is 17.8 Å². The van der Waals surface area contributed by atoms with Gasteiger partial charge in [0.25, 0.3) is 0 Å². The van der Waals surface area contributed by atoms with Crippen LogP contribution in [0.25, 0.3) is 0 Å². The molecule has 3 rings (SSSR count). The van der Waals surface area contributed by atoms with Gasteiger partial charge in [-0.1, -0.05) is 24.3 Å². The minimum Gasteiger partial charge on any atom is -0.459 e. The van der Waals surface area contributed by atoms with E-state index in [2.05, 4.69) is 6.58 Å². The van der Waals surface area contributed by atoms with E-state index in [4.69, 9.17) is 15.2 Å². The second-order valence-electron chi connectivity index (χ2n) is 6.81. The number of rotatable bonds is 4. The molecule has 0 saturated heterocycles. The SMILES string of the molecule is C=CCN1C(=O)C2(C(C#N)=C(N)OC(C)=C2C(=O)OC(C)C)c2ccccc21. The first kappa shape index (κ1) is 19.2. The zero-order valence-corrected chi connectivity index (χ0v) is 16.0. The van der Waals surface area contributed by atoms with Gasteiger partial charge >= 0.3 is 5.97 Å². The maximum Gasteiger partial charge on any atom is 0.339 e. The van der Waals surface area contributed by atoms with Crippen LogP contribution in [0.5, 0.6) is 0 Å². The third-order valence-corrected chi connectivity index (χ3v) is 4.75. The van der Waals surface area contributed by atoms with Crippen molar-refractivity contribution in [3.05, 3.63) is 65.3 Å². The monoisotopic (exact) mass is 379 g/mol. The van der Waals surface area contributed by atoms with Crippen LogP contribution >= 0.6 is 0 Å². The third kappa shape index (κ3) is 2.49. The Kier molecular flexibility index (Phi) is 4.73. The Labute approximate surface area is 163 Å². The standard InChI is InChI=1S/C21H21N3O4/c1-5-10-24-16-9-7-6-8-14(16)21(20(24)26)15(11-22)18(23)28-13(4)17(21)19(25)27-12(2)3/h5-9,12H,1,10,23H2,2-4H3. The number of allylic oxidation sites excluding steroid dienone is 1. The molecule has 28 heavy (non-hydrogen) atoms. The topological polar surface area (TPSA) is 106 Å². The molecule has 7 nitrogen and oxygen atoms in total. The van der Waals surface area contributed by atoms with Gasteiger partial charge in [0.1, 0.15) is 23.0 Å². The van der Waals surface area contributed by atoms with Crippen molar-refractivity contribution in [2.45, 2.75) is 32.3 Å². The summed E-state index contributed by atoms with van der Waals surface area (Å²) in [7, 11) is 0. The second kappa shape index (κ2) is 6.89. The molecular weight excluding hydrogens is 358 g/mol. The average molecular weight is 379 g/mol. The summed E-state index contributed by atoms with van der Waals surface area (Å²) in [4.78, 5) is 28.3. The molecular formula is C21H21N3O4. The van der Waals surface area contributed by atoms with Crippen LogP contribution in [0.3, 0.4) is 0 Å². The molecule has 0 bridgehead atoms. The number of nitriles is 1. The number of amides is 1. The highest BCUT2D eigenvalue weighted by Gasteiger charge is 2.62. The predicted octanol–water partition coefficient (Wildman–Crippen LogP) is 2.41. The molecule has 0 saturated carbocycles. The van der Waals surface area contributed by atoms with Crippen molar-refractivity contribution < 1.29 is 19.1 Å². The maximum atomic E-state index is 13.7. The summed E-state index contributed by atoms with van der Waals surface area (Å²) in [5.74, 6) is -1.27. The van der Waals surface area contributed by atoms with Gasteiger partial charge in [-0.2, -0.15) is 5.26 Å². The smallest absolute Gasteiger partial charge is 0.339 e. The highest BCUT2D eigenvalue weighted by molar-refractivity contribution is 6.18. The van der Waals surface area contributed by atoms with Crippen molar-refractivity contribution in [2.75, 3.05) is 11.4 Å². The number of carbonyl (C=O) groups is 2. The van der Waals surface area contributed by atoms with Crippen LogP contribution in [0.1, 0.15) is 26.3 Å². The van der Waals surface area contributed by atoms with Crippen LogP contribution in [-0.2, 0) is 24.5 Å². The lowest BCUT2D eigenvalue weighted by Crippen LogP contribution is -2.48. The number of fused-ring (bicyclic) bond motifs is 2. The highest BCUT2D eigenvalue weighted by Crippen LogP contribution is 2.54. The molecule has 0 aliphatic carbocycles. The summed E-state index contributed by atoms with van der Waals surface area (Å²) >= 11 is 0. The van der Waals surface area contributed by atoms with Crippen molar-refractivity contribution in [3.8, 4) is 6.07 Å². The number of nitrogens with zero attached hydrogens (tertiary/aromatic N) is 2. The van der Waals surface area contributed by atoms with Crippen molar-refractivity contribution in [1.29, 1.82) is 5.26 Å². The average Bonchev–Trinajstić information content (AvgIpc) is 2.85.